The van der Waals surface area contributed by atoms with Gasteiger partial charge in [0.15, 0.2) is 12.6 Å². The second kappa shape index (κ2) is 17.1. The molecule has 3 saturated heterocycles. The minimum atomic E-state index is -1.61. The Balaban J connectivity index is 2.15. The maximum absolute atomic E-state index is 14.1. The molecule has 292 valence electrons. The fraction of sp³-hybridized carbons (Fsp3) is 0.944. The van der Waals surface area contributed by atoms with E-state index in [1.54, 1.807) is 55.5 Å². The molecule has 3 fully saturated rings. The Morgan fingerprint density at radius 1 is 1.02 bits per heavy atom. The average molecular weight is 719 g/mol. The largest absolute Gasteiger partial charge is 0.459 e. The molecule has 0 saturated carbocycles. The standard InChI is InChI=1S/C36H66N2O12/c1-13-26-35(9,44)18-38(24(7)39)17-19(2)15-34(8,43)31(50-33-28(40)25(37-11)14-20(3)46-33)21(4)29(22(5)32(42)48-26)49-27-16-36(10,45-12)30(41)23(6)47-27/h19-23,25-31,33,37,40-41,43-44H,13-18H2,1-12H3/t19-,20-,21+,22-,23+,25+,26-,27+,28-,29+,30+,31-,33+,34-,35+,36-/m1/s1. The number of β-amino-alcohol motifs (C(OH)–C–C–N with tert-alkyl or cyclic N) is 1. The Morgan fingerprint density at radius 2 is 1.66 bits per heavy atom. The third kappa shape index (κ3) is 9.94. The Labute approximate surface area is 298 Å². The van der Waals surface area contributed by atoms with Crippen LogP contribution in [0, 0.1) is 17.8 Å². The van der Waals surface area contributed by atoms with Gasteiger partial charge in [-0.25, -0.2) is 0 Å². The fourth-order valence-corrected chi connectivity index (χ4v) is 8.16. The van der Waals surface area contributed by atoms with Gasteiger partial charge >= 0.3 is 5.97 Å². The lowest BCUT2D eigenvalue weighted by molar-refractivity contribution is -0.316. The molecule has 0 aromatic heterocycles. The van der Waals surface area contributed by atoms with Crippen LogP contribution in [0.3, 0.4) is 0 Å². The molecule has 14 heteroatoms. The number of cyclic esters (lactones) is 1. The highest BCUT2D eigenvalue weighted by molar-refractivity contribution is 5.74. The summed E-state index contributed by atoms with van der Waals surface area (Å²) < 4.78 is 37.2. The first-order chi connectivity index (χ1) is 23.1. The van der Waals surface area contributed by atoms with E-state index in [4.69, 9.17) is 28.4 Å². The molecular formula is C36H66N2O12. The normalized spacial score (nSPS) is 47.3. The monoisotopic (exact) mass is 718 g/mol. The predicted molar refractivity (Wildman–Crippen MR) is 184 cm³/mol. The highest BCUT2D eigenvalue weighted by atomic mass is 16.7. The molecule has 3 rings (SSSR count). The third-order valence-electron chi connectivity index (χ3n) is 11.1. The summed E-state index contributed by atoms with van der Waals surface area (Å²) in [7, 11) is 3.25. The number of nitrogens with one attached hydrogen (secondary N) is 1. The SMILES string of the molecule is CC[C@H]1OC(=O)[C@H](C)[C@@H](O[C@H]2C[C@@](C)(OC)[C@@H](O)[C@H](C)O2)[C@H](C)[C@@H](O[C@@H]2O[C@H](C)C[C@H](NC)[C@H]2O)[C@](C)(O)C[C@@H](C)CN(C(C)=O)C[C@]1(C)O. The molecule has 3 aliphatic heterocycles. The number of amides is 1. The average Bonchev–Trinajstić information content (AvgIpc) is 3.02. The maximum Gasteiger partial charge on any atom is 0.311 e. The molecule has 3 aliphatic rings. The summed E-state index contributed by atoms with van der Waals surface area (Å²) in [6.07, 6.45) is -6.91. The summed E-state index contributed by atoms with van der Waals surface area (Å²) in [5.41, 5.74) is -4.20. The Hall–Kier alpha value is -1.46. The van der Waals surface area contributed by atoms with Crippen LogP contribution in [0.2, 0.25) is 0 Å². The minimum absolute atomic E-state index is 0.0949. The van der Waals surface area contributed by atoms with Gasteiger partial charge in [0.25, 0.3) is 0 Å². The van der Waals surface area contributed by atoms with Crippen molar-refractivity contribution in [2.24, 2.45) is 17.8 Å². The number of likely N-dealkylation sites (N-methyl/N-ethyl adjacent to an activating group) is 1. The van der Waals surface area contributed by atoms with Gasteiger partial charge in [-0.05, 0) is 73.8 Å². The van der Waals surface area contributed by atoms with Gasteiger partial charge < -0.3 is 59.1 Å². The minimum Gasteiger partial charge on any atom is -0.459 e. The van der Waals surface area contributed by atoms with E-state index in [9.17, 15) is 30.0 Å². The predicted octanol–water partition coefficient (Wildman–Crippen LogP) is 1.73. The van der Waals surface area contributed by atoms with Crippen molar-refractivity contribution in [2.75, 3.05) is 27.2 Å². The smallest absolute Gasteiger partial charge is 0.311 e. The fourth-order valence-electron chi connectivity index (χ4n) is 8.16. The molecule has 0 aliphatic carbocycles. The van der Waals surface area contributed by atoms with Crippen molar-refractivity contribution in [3.05, 3.63) is 0 Å². The first-order valence-corrected chi connectivity index (χ1v) is 18.2. The van der Waals surface area contributed by atoms with Gasteiger partial charge in [-0.1, -0.05) is 20.8 Å². The number of rotatable bonds is 7. The van der Waals surface area contributed by atoms with E-state index in [-0.39, 0.29) is 56.3 Å². The van der Waals surface area contributed by atoms with Crippen molar-refractivity contribution in [2.45, 2.75) is 173 Å². The second-order valence-corrected chi connectivity index (χ2v) is 15.9. The Bertz CT molecular complexity index is 1120. The van der Waals surface area contributed by atoms with Crippen LogP contribution < -0.4 is 5.32 Å². The van der Waals surface area contributed by atoms with Gasteiger partial charge in [0.05, 0.1) is 48.1 Å². The number of aliphatic hydroxyl groups excluding tert-OH is 2. The van der Waals surface area contributed by atoms with Crippen molar-refractivity contribution in [3.63, 3.8) is 0 Å². The first kappa shape index (κ1) is 42.9. The van der Waals surface area contributed by atoms with Crippen LogP contribution in [0.15, 0.2) is 0 Å². The number of carbonyl (C=O) groups is 2. The molecule has 0 aromatic carbocycles. The molecule has 3 heterocycles. The molecular weight excluding hydrogens is 652 g/mol. The van der Waals surface area contributed by atoms with E-state index in [1.807, 2.05) is 13.8 Å². The molecule has 16 atom stereocenters. The van der Waals surface area contributed by atoms with Crippen LogP contribution in [0.25, 0.3) is 0 Å². The number of carbonyl (C=O) groups excluding carboxylic acids is 2. The number of hydrogen-bond donors (Lipinski definition) is 5. The van der Waals surface area contributed by atoms with Crippen LogP contribution >= 0.6 is 0 Å². The van der Waals surface area contributed by atoms with Crippen molar-refractivity contribution in [1.82, 2.24) is 10.2 Å². The number of ether oxygens (including phenoxy) is 6. The van der Waals surface area contributed by atoms with Crippen LogP contribution in [0.1, 0.15) is 94.9 Å². The number of nitrogens with zero attached hydrogens (tertiary/aromatic N) is 1. The van der Waals surface area contributed by atoms with Crippen LogP contribution in [0.4, 0.5) is 0 Å². The second-order valence-electron chi connectivity index (χ2n) is 15.9. The zero-order valence-electron chi connectivity index (χ0n) is 32.3. The quantitative estimate of drug-likeness (QED) is 0.240. The van der Waals surface area contributed by atoms with E-state index in [0.29, 0.717) is 6.42 Å². The Kier molecular flexibility index (Phi) is 14.7. The van der Waals surface area contributed by atoms with Crippen LogP contribution in [0.5, 0.6) is 0 Å². The summed E-state index contributed by atoms with van der Waals surface area (Å²) in [4.78, 5) is 28.4. The van der Waals surface area contributed by atoms with Crippen molar-refractivity contribution in [3.8, 4) is 0 Å². The summed E-state index contributed by atoms with van der Waals surface area (Å²) >= 11 is 0. The van der Waals surface area contributed by atoms with Gasteiger partial charge in [-0.3, -0.25) is 9.59 Å². The molecule has 50 heavy (non-hydrogen) atoms. The van der Waals surface area contributed by atoms with E-state index in [1.165, 1.54) is 18.9 Å². The summed E-state index contributed by atoms with van der Waals surface area (Å²) in [6, 6.07) is -0.333. The van der Waals surface area contributed by atoms with Crippen LogP contribution in [-0.2, 0) is 38.0 Å². The van der Waals surface area contributed by atoms with Crippen LogP contribution in [-0.4, -0.2) is 143 Å². The van der Waals surface area contributed by atoms with E-state index in [0.717, 1.165) is 0 Å². The third-order valence-corrected chi connectivity index (χ3v) is 11.1. The van der Waals surface area contributed by atoms with E-state index >= 15 is 0 Å². The Morgan fingerprint density at radius 3 is 2.22 bits per heavy atom. The number of aliphatic hydroxyl groups is 4. The lowest BCUT2D eigenvalue weighted by Crippen LogP contribution is -2.61. The zero-order chi connectivity index (χ0) is 37.9. The first-order valence-electron chi connectivity index (χ1n) is 18.2. The molecule has 0 radical (unpaired) electrons. The molecule has 14 nitrogen and oxygen atoms in total. The van der Waals surface area contributed by atoms with Gasteiger partial charge in [-0.2, -0.15) is 0 Å². The highest BCUT2D eigenvalue weighted by Crippen LogP contribution is 2.39. The lowest BCUT2D eigenvalue weighted by Gasteiger charge is -2.48. The molecule has 0 aromatic rings. The summed E-state index contributed by atoms with van der Waals surface area (Å²) in [5.74, 6) is -2.95. The van der Waals surface area contributed by atoms with Gasteiger partial charge in [0.1, 0.15) is 23.9 Å². The molecule has 1 amide bonds. The molecule has 0 spiro atoms. The van der Waals surface area contributed by atoms with Crippen molar-refractivity contribution in [1.29, 1.82) is 0 Å². The summed E-state index contributed by atoms with van der Waals surface area (Å²) in [5, 5.41) is 49.3. The van der Waals surface area contributed by atoms with Gasteiger partial charge in [-0.15, -0.1) is 0 Å². The lowest BCUT2D eigenvalue weighted by atomic mass is 9.77. The number of methoxy groups -OCH3 is 1. The topological polar surface area (TPSA) is 186 Å². The summed E-state index contributed by atoms with van der Waals surface area (Å²) in [6.45, 7) is 17.2. The number of hydrogen-bond acceptors (Lipinski definition) is 13. The van der Waals surface area contributed by atoms with Gasteiger partial charge in [0.2, 0.25) is 5.91 Å². The maximum atomic E-state index is 14.1. The molecule has 5 N–H and O–H groups in total. The molecule has 0 unspecified atom stereocenters. The van der Waals surface area contributed by atoms with Crippen molar-refractivity contribution < 1.29 is 58.4 Å². The molecule has 0 bridgehead atoms. The van der Waals surface area contributed by atoms with Crippen molar-refractivity contribution >= 4 is 11.9 Å². The van der Waals surface area contributed by atoms with Gasteiger partial charge in [0, 0.05) is 39.0 Å². The zero-order valence-corrected chi connectivity index (χ0v) is 32.3. The highest BCUT2D eigenvalue weighted by Gasteiger charge is 2.52. The van der Waals surface area contributed by atoms with E-state index in [2.05, 4.69) is 5.32 Å². The number of esters is 1. The van der Waals surface area contributed by atoms with E-state index < -0.39 is 83.8 Å².